The molecule has 0 spiro atoms. The fraction of sp³-hybridized carbons (Fsp3) is 0.312. The third-order valence-electron chi connectivity index (χ3n) is 8.61. The van der Waals surface area contributed by atoms with Crippen molar-refractivity contribution in [2.24, 2.45) is 0 Å². The molecular weight excluding hydrogens is 640 g/mol. The molecule has 2 aliphatic heterocycles. The van der Waals surface area contributed by atoms with E-state index in [1.807, 2.05) is 13.8 Å². The van der Waals surface area contributed by atoms with Crippen molar-refractivity contribution in [1.82, 2.24) is 19.4 Å². The largest absolute Gasteiger partial charge is 0.507 e. The number of pyridine rings is 1. The first-order chi connectivity index (χ1) is 21.7. The van der Waals surface area contributed by atoms with E-state index in [2.05, 4.69) is 16.5 Å². The molecule has 6 rings (SSSR count). The summed E-state index contributed by atoms with van der Waals surface area (Å²) in [5.41, 5.74) is -1.20. The lowest BCUT2D eigenvalue weighted by Gasteiger charge is -2.44. The number of carbonyl (C=O) groups excluding carboxylic acids is 1. The Morgan fingerprint density at radius 1 is 1.20 bits per heavy atom. The summed E-state index contributed by atoms with van der Waals surface area (Å²) in [4.78, 5) is 38.0. The number of hydrogen-bond acceptors (Lipinski definition) is 8. The number of sulfone groups is 1. The van der Waals surface area contributed by atoms with Crippen LogP contribution in [0.3, 0.4) is 0 Å². The monoisotopic (exact) mass is 669 g/mol. The lowest BCUT2D eigenvalue weighted by Crippen LogP contribution is -2.60. The van der Waals surface area contributed by atoms with Gasteiger partial charge in [-0.25, -0.2) is 22.0 Å². The van der Waals surface area contributed by atoms with Gasteiger partial charge in [-0.05, 0) is 49.6 Å². The number of piperazine rings is 1. The molecule has 4 heterocycles. The number of rotatable bonds is 4. The minimum absolute atomic E-state index is 0.0585. The molecule has 2 unspecified atom stereocenters. The highest BCUT2D eigenvalue weighted by Crippen LogP contribution is 2.49. The molecule has 240 valence electrons. The van der Waals surface area contributed by atoms with Gasteiger partial charge in [0.15, 0.2) is 15.7 Å². The minimum Gasteiger partial charge on any atom is -0.507 e. The third kappa shape index (κ3) is 4.66. The van der Waals surface area contributed by atoms with Gasteiger partial charge in [-0.2, -0.15) is 4.98 Å². The lowest BCUT2D eigenvalue weighted by atomic mass is 9.99. The van der Waals surface area contributed by atoms with Crippen molar-refractivity contribution in [2.45, 2.75) is 50.6 Å². The van der Waals surface area contributed by atoms with Gasteiger partial charge in [0, 0.05) is 30.9 Å². The maximum Gasteiger partial charge on any atom is 0.354 e. The van der Waals surface area contributed by atoms with Crippen LogP contribution in [0.1, 0.15) is 37.9 Å². The van der Waals surface area contributed by atoms with E-state index in [4.69, 9.17) is 11.6 Å². The molecule has 2 atom stereocenters. The van der Waals surface area contributed by atoms with Crippen molar-refractivity contribution in [1.29, 1.82) is 0 Å². The first kappa shape index (κ1) is 31.6. The van der Waals surface area contributed by atoms with Crippen LogP contribution in [0.25, 0.3) is 27.7 Å². The number of anilines is 1. The first-order valence-corrected chi connectivity index (χ1v) is 16.6. The van der Waals surface area contributed by atoms with Crippen LogP contribution >= 0.6 is 11.6 Å². The summed E-state index contributed by atoms with van der Waals surface area (Å²) >= 11 is 6.99. The fourth-order valence-electron chi connectivity index (χ4n) is 6.54. The van der Waals surface area contributed by atoms with Crippen LogP contribution < -0.4 is 10.6 Å². The van der Waals surface area contributed by atoms with Crippen molar-refractivity contribution in [3.05, 3.63) is 81.5 Å². The summed E-state index contributed by atoms with van der Waals surface area (Å²) < 4.78 is 62.1. The topological polar surface area (TPSA) is 126 Å². The second-order valence-corrected chi connectivity index (χ2v) is 14.2. The molecule has 1 fully saturated rings. The van der Waals surface area contributed by atoms with Crippen molar-refractivity contribution >= 4 is 44.1 Å². The summed E-state index contributed by atoms with van der Waals surface area (Å²) in [5.74, 6) is -4.59. The van der Waals surface area contributed by atoms with Gasteiger partial charge in [0.1, 0.15) is 22.3 Å². The number of phenols is 1. The van der Waals surface area contributed by atoms with Crippen molar-refractivity contribution in [3.8, 4) is 22.6 Å². The van der Waals surface area contributed by atoms with Gasteiger partial charge in [0.2, 0.25) is 5.91 Å². The molecule has 0 saturated carbocycles. The number of fused-ring (bicyclic) bond motifs is 2. The summed E-state index contributed by atoms with van der Waals surface area (Å²) in [6.07, 6.45) is 2.69. The molecule has 1 amide bonds. The zero-order chi connectivity index (χ0) is 33.4. The number of halogens is 3. The second-order valence-electron chi connectivity index (χ2n) is 11.9. The summed E-state index contributed by atoms with van der Waals surface area (Å²) in [6, 6.07) is 3.55. The van der Waals surface area contributed by atoms with Gasteiger partial charge in [-0.1, -0.05) is 38.1 Å². The predicted molar refractivity (Wildman–Crippen MR) is 171 cm³/mol. The molecule has 14 heteroatoms. The van der Waals surface area contributed by atoms with Gasteiger partial charge >= 0.3 is 5.69 Å². The highest BCUT2D eigenvalue weighted by atomic mass is 35.5. The molecule has 4 aromatic rings. The SMILES string of the molecule is C=CC(=O)N1CC2CS(=O)(=O)c3c(F)c(-c4c(O)cccc4F)c(Cl)c4c3c(nc(=O)n4-c3c(C)ccnc3C(C)C)N2CC1C. The van der Waals surface area contributed by atoms with E-state index in [9.17, 15) is 23.1 Å². The highest BCUT2D eigenvalue weighted by molar-refractivity contribution is 7.91. The van der Waals surface area contributed by atoms with E-state index in [0.717, 1.165) is 22.8 Å². The highest BCUT2D eigenvalue weighted by Gasteiger charge is 2.44. The van der Waals surface area contributed by atoms with Gasteiger partial charge < -0.3 is 14.9 Å². The Hall–Kier alpha value is -4.36. The Kier molecular flexibility index (Phi) is 7.67. The van der Waals surface area contributed by atoms with Crippen LogP contribution in [0, 0.1) is 18.6 Å². The number of nitrogens with zero attached hydrogens (tertiary/aromatic N) is 5. The van der Waals surface area contributed by atoms with Crippen LogP contribution in [-0.4, -0.2) is 69.8 Å². The van der Waals surface area contributed by atoms with E-state index in [1.54, 1.807) is 31.0 Å². The number of benzene rings is 2. The molecule has 0 bridgehead atoms. The maximum absolute atomic E-state index is 17.0. The number of amides is 1. The molecule has 0 radical (unpaired) electrons. The van der Waals surface area contributed by atoms with E-state index in [0.29, 0.717) is 11.3 Å². The normalized spacial score (nSPS) is 18.9. The smallest absolute Gasteiger partial charge is 0.354 e. The summed E-state index contributed by atoms with van der Waals surface area (Å²) in [7, 11) is -4.59. The molecule has 1 N–H and O–H groups in total. The quantitative estimate of drug-likeness (QED) is 0.305. The third-order valence-corrected chi connectivity index (χ3v) is 10.8. The van der Waals surface area contributed by atoms with Crippen molar-refractivity contribution < 1.29 is 27.1 Å². The van der Waals surface area contributed by atoms with Gasteiger partial charge in [0.05, 0.1) is 44.7 Å². The zero-order valence-electron chi connectivity index (χ0n) is 25.4. The van der Waals surface area contributed by atoms with Gasteiger partial charge in [-0.3, -0.25) is 14.3 Å². The standard InChI is InChI=1S/C32H30ClF2N5O5S/c1-6-21(42)38-13-18-14-46(44,45)30-24-29(25(33)23(26(30)35)22-19(34)8-7-9-20(22)41)40(28-16(4)10-11-36-27(28)15(2)3)32(43)37-31(24)39(18)12-17(38)5/h6-11,15,17-18,41H,1,12-14H2,2-5H3. The average molecular weight is 670 g/mol. The molecule has 1 saturated heterocycles. The van der Waals surface area contributed by atoms with Crippen LogP contribution in [-0.2, 0) is 14.6 Å². The van der Waals surface area contributed by atoms with Crippen LogP contribution in [0.4, 0.5) is 14.6 Å². The lowest BCUT2D eigenvalue weighted by molar-refractivity contribution is -0.128. The number of hydrogen-bond donors (Lipinski definition) is 1. The number of phenolic OH excluding ortho intramolecular Hbond substituents is 1. The van der Waals surface area contributed by atoms with Crippen molar-refractivity contribution in [2.75, 3.05) is 23.7 Å². The van der Waals surface area contributed by atoms with E-state index in [1.165, 1.54) is 11.0 Å². The zero-order valence-corrected chi connectivity index (χ0v) is 27.0. The molecule has 2 aromatic carbocycles. The molecule has 10 nitrogen and oxygen atoms in total. The maximum atomic E-state index is 17.0. The molecular formula is C32H30ClF2N5O5S. The van der Waals surface area contributed by atoms with Crippen molar-refractivity contribution in [3.63, 3.8) is 0 Å². The van der Waals surface area contributed by atoms with Crippen LogP contribution in [0.2, 0.25) is 5.02 Å². The summed E-state index contributed by atoms with van der Waals surface area (Å²) in [5, 5.41) is 9.96. The van der Waals surface area contributed by atoms with E-state index < -0.39 is 77.7 Å². The Bertz CT molecular complexity index is 2130. The molecule has 0 aliphatic carbocycles. The van der Waals surface area contributed by atoms with E-state index >= 15 is 8.78 Å². The average Bonchev–Trinajstić information content (AvgIpc) is 3.07. The van der Waals surface area contributed by atoms with Crippen LogP contribution in [0.15, 0.2) is 52.8 Å². The second kappa shape index (κ2) is 11.2. The Balaban J connectivity index is 1.84. The summed E-state index contributed by atoms with van der Waals surface area (Å²) in [6.45, 7) is 10.7. The van der Waals surface area contributed by atoms with E-state index in [-0.39, 0.29) is 41.4 Å². The Morgan fingerprint density at radius 2 is 1.91 bits per heavy atom. The van der Waals surface area contributed by atoms with Gasteiger partial charge in [-0.15, -0.1) is 0 Å². The molecule has 2 aromatic heterocycles. The molecule has 46 heavy (non-hydrogen) atoms. The van der Waals surface area contributed by atoms with Crippen LogP contribution in [0.5, 0.6) is 5.75 Å². The number of aromatic nitrogens is 3. The first-order valence-electron chi connectivity index (χ1n) is 14.5. The number of carbonyl (C=O) groups is 1. The predicted octanol–water partition coefficient (Wildman–Crippen LogP) is 4.90. The molecule has 2 aliphatic rings. The number of aryl methyl sites for hydroxylation is 1. The minimum atomic E-state index is -4.59. The Morgan fingerprint density at radius 3 is 2.57 bits per heavy atom. The van der Waals surface area contributed by atoms with Gasteiger partial charge in [0.25, 0.3) is 0 Å². The fourth-order valence-corrected chi connectivity index (χ4v) is 8.73. The Labute approximate surface area is 268 Å². The number of aromatic hydroxyl groups is 1.